The SMILES string of the molecule is CC1(C)c2ccccc2-c2ccc(-c3ccc4c(c3N(c3ccccc3)c3ccc(-c5ccccc5)cc3)C(C)(C)c3ccccc3-4)cc21. The second-order valence-corrected chi connectivity index (χ2v) is 14.6. The van der Waals surface area contributed by atoms with Crippen molar-refractivity contribution in [1.29, 1.82) is 0 Å². The smallest absolute Gasteiger partial charge is 0.0587 e. The third kappa shape index (κ3) is 4.46. The first-order valence-electron chi connectivity index (χ1n) is 17.4. The molecule has 0 spiro atoms. The molecule has 7 aromatic carbocycles. The highest BCUT2D eigenvalue weighted by Gasteiger charge is 2.41. The van der Waals surface area contributed by atoms with Crippen LogP contribution in [0.15, 0.2) is 164 Å². The van der Waals surface area contributed by atoms with Crippen LogP contribution >= 0.6 is 0 Å². The summed E-state index contributed by atoms with van der Waals surface area (Å²) in [5, 5.41) is 0. The lowest BCUT2D eigenvalue weighted by Crippen LogP contribution is -2.21. The topological polar surface area (TPSA) is 3.24 Å². The molecule has 0 saturated carbocycles. The molecular weight excluding hydrogens is 591 g/mol. The summed E-state index contributed by atoms with van der Waals surface area (Å²) in [5.41, 5.74) is 19.0. The van der Waals surface area contributed by atoms with Gasteiger partial charge in [0.1, 0.15) is 0 Å². The second-order valence-electron chi connectivity index (χ2n) is 14.6. The maximum atomic E-state index is 2.50. The quantitative estimate of drug-likeness (QED) is 0.183. The van der Waals surface area contributed by atoms with Crippen molar-refractivity contribution in [3.05, 3.63) is 186 Å². The summed E-state index contributed by atoms with van der Waals surface area (Å²) in [6.45, 7) is 9.54. The molecule has 49 heavy (non-hydrogen) atoms. The van der Waals surface area contributed by atoms with Gasteiger partial charge >= 0.3 is 0 Å². The van der Waals surface area contributed by atoms with Crippen LogP contribution in [0, 0.1) is 0 Å². The van der Waals surface area contributed by atoms with Crippen molar-refractivity contribution in [1.82, 2.24) is 0 Å². The van der Waals surface area contributed by atoms with Gasteiger partial charge in [0.25, 0.3) is 0 Å². The third-order valence-electron chi connectivity index (χ3n) is 11.1. The molecule has 0 amide bonds. The molecule has 7 aromatic rings. The molecule has 0 atom stereocenters. The van der Waals surface area contributed by atoms with E-state index in [-0.39, 0.29) is 10.8 Å². The molecule has 0 N–H and O–H groups in total. The zero-order chi connectivity index (χ0) is 33.3. The van der Waals surface area contributed by atoms with Crippen molar-refractivity contribution >= 4 is 17.1 Å². The number of rotatable bonds is 5. The fourth-order valence-corrected chi connectivity index (χ4v) is 8.60. The summed E-state index contributed by atoms with van der Waals surface area (Å²) >= 11 is 0. The molecule has 0 aromatic heterocycles. The normalized spacial score (nSPS) is 14.4. The predicted molar refractivity (Wildman–Crippen MR) is 207 cm³/mol. The van der Waals surface area contributed by atoms with Crippen LogP contribution in [-0.2, 0) is 10.8 Å². The number of fused-ring (bicyclic) bond motifs is 6. The number of hydrogen-bond acceptors (Lipinski definition) is 1. The van der Waals surface area contributed by atoms with E-state index in [2.05, 4.69) is 196 Å². The summed E-state index contributed by atoms with van der Waals surface area (Å²) in [7, 11) is 0. The number of para-hydroxylation sites is 1. The molecule has 236 valence electrons. The van der Waals surface area contributed by atoms with Crippen molar-refractivity contribution in [2.24, 2.45) is 0 Å². The summed E-state index contributed by atoms with van der Waals surface area (Å²) in [4.78, 5) is 2.50. The molecule has 1 nitrogen and oxygen atoms in total. The van der Waals surface area contributed by atoms with Gasteiger partial charge in [-0.3, -0.25) is 0 Å². The Bertz CT molecular complexity index is 2360. The van der Waals surface area contributed by atoms with Gasteiger partial charge in [-0.1, -0.05) is 161 Å². The highest BCUT2D eigenvalue weighted by atomic mass is 15.1. The van der Waals surface area contributed by atoms with Gasteiger partial charge in [0, 0.05) is 27.8 Å². The standard InChI is InChI=1S/C48H39N/c1-47(2)42-21-13-11-19-38(42)40-28-25-34(31-44(40)47)37-29-30-41-39-20-12-14-22-43(39)48(3,4)45(41)46(37)49(35-17-9-6-10-18-35)36-26-23-33(24-27-36)32-15-7-5-8-16-32/h5-31H,1-4H3. The molecule has 0 heterocycles. The molecule has 0 fully saturated rings. The van der Waals surface area contributed by atoms with Crippen LogP contribution in [0.3, 0.4) is 0 Å². The molecule has 2 aliphatic rings. The minimum Gasteiger partial charge on any atom is -0.310 e. The van der Waals surface area contributed by atoms with E-state index in [1.54, 1.807) is 0 Å². The van der Waals surface area contributed by atoms with E-state index in [1.165, 1.54) is 72.4 Å². The van der Waals surface area contributed by atoms with Gasteiger partial charge in [0.2, 0.25) is 0 Å². The fourth-order valence-electron chi connectivity index (χ4n) is 8.60. The Labute approximate surface area is 290 Å². The molecule has 0 bridgehead atoms. The second kappa shape index (κ2) is 10.9. The molecule has 9 rings (SSSR count). The Kier molecular flexibility index (Phi) is 6.58. The van der Waals surface area contributed by atoms with E-state index in [9.17, 15) is 0 Å². The first-order chi connectivity index (χ1) is 23.8. The molecule has 2 aliphatic carbocycles. The fraction of sp³-hybridized carbons (Fsp3) is 0.125. The van der Waals surface area contributed by atoms with Crippen molar-refractivity contribution in [2.75, 3.05) is 4.90 Å². The van der Waals surface area contributed by atoms with Crippen LogP contribution in [-0.4, -0.2) is 0 Å². The van der Waals surface area contributed by atoms with Crippen molar-refractivity contribution in [2.45, 2.75) is 38.5 Å². The highest BCUT2D eigenvalue weighted by Crippen LogP contribution is 2.58. The maximum Gasteiger partial charge on any atom is 0.0587 e. The van der Waals surface area contributed by atoms with Gasteiger partial charge in [-0.25, -0.2) is 0 Å². The van der Waals surface area contributed by atoms with Crippen LogP contribution in [0.2, 0.25) is 0 Å². The molecule has 0 aliphatic heterocycles. The maximum absolute atomic E-state index is 2.50. The van der Waals surface area contributed by atoms with Crippen LogP contribution < -0.4 is 4.90 Å². The predicted octanol–water partition coefficient (Wildman–Crippen LogP) is 13.1. The monoisotopic (exact) mass is 629 g/mol. The Morgan fingerprint density at radius 2 is 0.816 bits per heavy atom. The summed E-state index contributed by atoms with van der Waals surface area (Å²) in [6.07, 6.45) is 0. The van der Waals surface area contributed by atoms with E-state index in [1.807, 2.05) is 0 Å². The van der Waals surface area contributed by atoms with Gasteiger partial charge < -0.3 is 4.90 Å². The highest BCUT2D eigenvalue weighted by molar-refractivity contribution is 5.99. The van der Waals surface area contributed by atoms with E-state index < -0.39 is 0 Å². The average molecular weight is 630 g/mol. The number of nitrogens with zero attached hydrogens (tertiary/aromatic N) is 1. The number of benzene rings is 7. The van der Waals surface area contributed by atoms with Crippen LogP contribution in [0.5, 0.6) is 0 Å². The van der Waals surface area contributed by atoms with E-state index in [4.69, 9.17) is 0 Å². The minimum atomic E-state index is -0.208. The lowest BCUT2D eigenvalue weighted by Gasteiger charge is -2.34. The Morgan fingerprint density at radius 1 is 0.347 bits per heavy atom. The average Bonchev–Trinajstić information content (AvgIpc) is 3.52. The molecule has 0 saturated heterocycles. The van der Waals surface area contributed by atoms with Gasteiger partial charge in [0.15, 0.2) is 0 Å². The Hall–Kier alpha value is -5.66. The molecule has 0 unspecified atom stereocenters. The van der Waals surface area contributed by atoms with E-state index >= 15 is 0 Å². The number of hydrogen-bond donors (Lipinski definition) is 0. The summed E-state index contributed by atoms with van der Waals surface area (Å²) in [6, 6.07) is 60.4. The number of anilines is 3. The van der Waals surface area contributed by atoms with Crippen molar-refractivity contribution in [3.8, 4) is 44.5 Å². The Morgan fingerprint density at radius 3 is 1.51 bits per heavy atom. The lowest BCUT2D eigenvalue weighted by atomic mass is 9.78. The summed E-state index contributed by atoms with van der Waals surface area (Å²) in [5.74, 6) is 0. The van der Waals surface area contributed by atoms with Gasteiger partial charge in [-0.15, -0.1) is 0 Å². The van der Waals surface area contributed by atoms with Gasteiger partial charge in [0.05, 0.1) is 5.69 Å². The molecule has 0 radical (unpaired) electrons. The summed E-state index contributed by atoms with van der Waals surface area (Å²) < 4.78 is 0. The van der Waals surface area contributed by atoms with Crippen molar-refractivity contribution in [3.63, 3.8) is 0 Å². The zero-order valence-electron chi connectivity index (χ0n) is 28.5. The lowest BCUT2D eigenvalue weighted by molar-refractivity contribution is 0.659. The zero-order valence-corrected chi connectivity index (χ0v) is 28.5. The van der Waals surface area contributed by atoms with Crippen LogP contribution in [0.1, 0.15) is 49.9 Å². The minimum absolute atomic E-state index is 0.0826. The largest absolute Gasteiger partial charge is 0.310 e. The van der Waals surface area contributed by atoms with Gasteiger partial charge in [-0.2, -0.15) is 0 Å². The molecule has 1 heteroatoms. The van der Waals surface area contributed by atoms with Crippen molar-refractivity contribution < 1.29 is 0 Å². The van der Waals surface area contributed by atoms with E-state index in [0.29, 0.717) is 0 Å². The van der Waals surface area contributed by atoms with E-state index in [0.717, 1.165) is 11.4 Å². The van der Waals surface area contributed by atoms with Crippen LogP contribution in [0.25, 0.3) is 44.5 Å². The molecular formula is C48H39N. The van der Waals surface area contributed by atoms with Crippen LogP contribution in [0.4, 0.5) is 17.1 Å². The first-order valence-corrected chi connectivity index (χ1v) is 17.4. The first kappa shape index (κ1) is 29.5. The Balaban J connectivity index is 1.32. The van der Waals surface area contributed by atoms with Gasteiger partial charge in [-0.05, 0) is 91.5 Å². The third-order valence-corrected chi connectivity index (χ3v) is 11.1.